The molecule has 0 aliphatic carbocycles. The summed E-state index contributed by atoms with van der Waals surface area (Å²) in [6, 6.07) is 15.8. The Balaban J connectivity index is 1.51. The van der Waals surface area contributed by atoms with Crippen LogP contribution in [0.4, 0.5) is 15.2 Å². The lowest BCUT2D eigenvalue weighted by molar-refractivity contribution is -0.117. The molecule has 0 bridgehead atoms. The van der Waals surface area contributed by atoms with Crippen LogP contribution in [-0.4, -0.2) is 15.9 Å². The Morgan fingerprint density at radius 3 is 2.62 bits per heavy atom. The van der Waals surface area contributed by atoms with Gasteiger partial charge >= 0.3 is 0 Å². The van der Waals surface area contributed by atoms with E-state index in [-0.39, 0.29) is 18.1 Å². The van der Waals surface area contributed by atoms with Crippen molar-refractivity contribution in [2.75, 3.05) is 4.90 Å². The number of aryl methyl sites for hydroxylation is 2. The van der Waals surface area contributed by atoms with E-state index in [9.17, 15) is 9.18 Å². The first kappa shape index (κ1) is 19.0. The van der Waals surface area contributed by atoms with E-state index in [4.69, 9.17) is 4.42 Å². The fourth-order valence-corrected chi connectivity index (χ4v) is 3.76. The molecule has 0 saturated carbocycles. The summed E-state index contributed by atoms with van der Waals surface area (Å²) >= 11 is 1.42. The van der Waals surface area contributed by atoms with E-state index in [0.29, 0.717) is 28.8 Å². The normalized spacial score (nSPS) is 10.8. The second kappa shape index (κ2) is 8.36. The molecule has 0 aliphatic rings. The van der Waals surface area contributed by atoms with Crippen LogP contribution in [0.3, 0.4) is 0 Å². The van der Waals surface area contributed by atoms with Crippen LogP contribution in [0.15, 0.2) is 70.6 Å². The molecule has 0 atom stereocenters. The number of amides is 1. The number of halogens is 1. The molecule has 4 aromatic rings. The number of nitrogens with zero attached hydrogens (tertiary/aromatic N) is 3. The number of benzene rings is 2. The molecule has 0 spiro atoms. The van der Waals surface area contributed by atoms with Gasteiger partial charge in [-0.15, -0.1) is 11.3 Å². The first-order valence-electron chi connectivity index (χ1n) is 9.11. The minimum absolute atomic E-state index is 0.115. The average Bonchev–Trinajstić information content (AvgIpc) is 3.37. The first-order chi connectivity index (χ1) is 14.1. The Morgan fingerprint density at radius 2 is 1.90 bits per heavy atom. The number of thiazole rings is 1. The lowest BCUT2D eigenvalue weighted by atomic mass is 10.2. The van der Waals surface area contributed by atoms with Gasteiger partial charge in [0.05, 0.1) is 23.1 Å². The summed E-state index contributed by atoms with van der Waals surface area (Å²) < 4.78 is 19.6. The van der Waals surface area contributed by atoms with Gasteiger partial charge in [-0.3, -0.25) is 9.69 Å². The standard InChI is InChI=1S/C22H18FN3O2S/c1-15-14-29-22(25-15)26(16-7-3-2-4-8-16)21(27)12-11-20-24-13-19(28-20)17-9-5-6-10-18(17)23/h2-10,13-14H,11-12H2,1H3. The fourth-order valence-electron chi connectivity index (χ4n) is 2.92. The minimum Gasteiger partial charge on any atom is -0.441 e. The van der Waals surface area contributed by atoms with Gasteiger partial charge in [-0.05, 0) is 31.2 Å². The van der Waals surface area contributed by atoms with Crippen LogP contribution in [0.2, 0.25) is 0 Å². The molecule has 2 aromatic carbocycles. The summed E-state index contributed by atoms with van der Waals surface area (Å²) in [5, 5.41) is 2.53. The van der Waals surface area contributed by atoms with Crippen molar-refractivity contribution < 1.29 is 13.6 Å². The van der Waals surface area contributed by atoms with E-state index in [1.807, 2.05) is 42.6 Å². The number of para-hydroxylation sites is 1. The molecule has 0 saturated heterocycles. The van der Waals surface area contributed by atoms with Gasteiger partial charge in [0.2, 0.25) is 5.91 Å². The summed E-state index contributed by atoms with van der Waals surface area (Å²) in [5.41, 5.74) is 1.97. The monoisotopic (exact) mass is 407 g/mol. The Morgan fingerprint density at radius 1 is 1.14 bits per heavy atom. The number of carbonyl (C=O) groups is 1. The first-order valence-corrected chi connectivity index (χ1v) is 9.99. The molecule has 4 rings (SSSR count). The molecule has 0 radical (unpaired) electrons. The molecule has 5 nitrogen and oxygen atoms in total. The topological polar surface area (TPSA) is 59.2 Å². The average molecular weight is 407 g/mol. The van der Waals surface area contributed by atoms with Gasteiger partial charge in [-0.1, -0.05) is 30.3 Å². The summed E-state index contributed by atoms with van der Waals surface area (Å²) in [4.78, 5) is 23.3. The third-order valence-corrected chi connectivity index (χ3v) is 5.25. The zero-order valence-electron chi connectivity index (χ0n) is 15.7. The van der Waals surface area contributed by atoms with Crippen LogP contribution in [0.25, 0.3) is 11.3 Å². The number of oxazole rings is 1. The highest BCUT2D eigenvalue weighted by Crippen LogP contribution is 2.30. The van der Waals surface area contributed by atoms with E-state index in [1.165, 1.54) is 23.6 Å². The highest BCUT2D eigenvalue weighted by Gasteiger charge is 2.21. The van der Waals surface area contributed by atoms with Crippen LogP contribution in [0, 0.1) is 12.7 Å². The second-order valence-corrected chi connectivity index (χ2v) is 7.27. The number of carbonyl (C=O) groups excluding carboxylic acids is 1. The molecule has 1 amide bonds. The highest BCUT2D eigenvalue weighted by molar-refractivity contribution is 7.14. The Kier molecular flexibility index (Phi) is 5.48. The van der Waals surface area contributed by atoms with Crippen LogP contribution >= 0.6 is 11.3 Å². The predicted octanol–water partition coefficient (Wildman–Crippen LogP) is 5.54. The van der Waals surface area contributed by atoms with Crippen LogP contribution in [0.5, 0.6) is 0 Å². The van der Waals surface area contributed by atoms with Gasteiger partial charge in [0.15, 0.2) is 16.8 Å². The number of aromatic nitrogens is 2. The number of hydrogen-bond acceptors (Lipinski definition) is 5. The number of anilines is 2. The van der Waals surface area contributed by atoms with Gasteiger partial charge in [0, 0.05) is 18.2 Å². The van der Waals surface area contributed by atoms with Crippen molar-refractivity contribution in [3.8, 4) is 11.3 Å². The Bertz CT molecular complexity index is 1120. The van der Waals surface area contributed by atoms with E-state index in [2.05, 4.69) is 9.97 Å². The second-order valence-electron chi connectivity index (χ2n) is 6.43. The lowest BCUT2D eigenvalue weighted by Gasteiger charge is -2.19. The summed E-state index contributed by atoms with van der Waals surface area (Å²) in [7, 11) is 0. The smallest absolute Gasteiger partial charge is 0.233 e. The van der Waals surface area contributed by atoms with E-state index in [0.717, 1.165) is 11.4 Å². The molecule has 0 unspecified atom stereocenters. The van der Waals surface area contributed by atoms with Crippen molar-refractivity contribution in [1.82, 2.24) is 9.97 Å². The molecule has 0 aliphatic heterocycles. The Hall–Kier alpha value is -3.32. The van der Waals surface area contributed by atoms with Crippen molar-refractivity contribution in [1.29, 1.82) is 0 Å². The van der Waals surface area contributed by atoms with Gasteiger partial charge in [0.1, 0.15) is 5.82 Å². The quantitative estimate of drug-likeness (QED) is 0.421. The van der Waals surface area contributed by atoms with E-state index < -0.39 is 0 Å². The fraction of sp³-hybridized carbons (Fsp3) is 0.136. The van der Waals surface area contributed by atoms with Crippen LogP contribution in [-0.2, 0) is 11.2 Å². The summed E-state index contributed by atoms with van der Waals surface area (Å²) in [6.07, 6.45) is 1.98. The molecule has 29 heavy (non-hydrogen) atoms. The van der Waals surface area contributed by atoms with Crippen molar-refractivity contribution in [3.05, 3.63) is 83.6 Å². The van der Waals surface area contributed by atoms with Gasteiger partial charge in [0.25, 0.3) is 0 Å². The lowest BCUT2D eigenvalue weighted by Crippen LogP contribution is -2.26. The van der Waals surface area contributed by atoms with Crippen LogP contribution in [0.1, 0.15) is 18.0 Å². The summed E-state index contributed by atoms with van der Waals surface area (Å²) in [5.74, 6) is 0.248. The highest BCUT2D eigenvalue weighted by atomic mass is 32.1. The van der Waals surface area contributed by atoms with Crippen LogP contribution < -0.4 is 4.90 Å². The molecule has 0 N–H and O–H groups in total. The molecule has 7 heteroatoms. The predicted molar refractivity (Wildman–Crippen MR) is 111 cm³/mol. The molecule has 0 fully saturated rings. The van der Waals surface area contributed by atoms with Crippen molar-refractivity contribution >= 4 is 28.1 Å². The SMILES string of the molecule is Cc1csc(N(C(=O)CCc2ncc(-c3ccccc3F)o2)c2ccccc2)n1. The maximum Gasteiger partial charge on any atom is 0.233 e. The zero-order chi connectivity index (χ0) is 20.2. The van der Waals surface area contributed by atoms with Gasteiger partial charge < -0.3 is 4.42 Å². The maximum atomic E-state index is 13.9. The van der Waals surface area contributed by atoms with E-state index >= 15 is 0 Å². The van der Waals surface area contributed by atoms with Gasteiger partial charge in [-0.2, -0.15) is 0 Å². The van der Waals surface area contributed by atoms with Gasteiger partial charge in [-0.25, -0.2) is 14.4 Å². The Labute approximate surface area is 171 Å². The number of rotatable bonds is 6. The molecular formula is C22H18FN3O2S. The molecule has 2 aromatic heterocycles. The minimum atomic E-state index is -0.374. The molecule has 146 valence electrons. The third-order valence-electron chi connectivity index (χ3n) is 4.31. The third kappa shape index (κ3) is 4.25. The van der Waals surface area contributed by atoms with Crippen molar-refractivity contribution in [3.63, 3.8) is 0 Å². The maximum absolute atomic E-state index is 13.9. The largest absolute Gasteiger partial charge is 0.441 e. The zero-order valence-corrected chi connectivity index (χ0v) is 16.5. The van der Waals surface area contributed by atoms with Crippen molar-refractivity contribution in [2.45, 2.75) is 19.8 Å². The van der Waals surface area contributed by atoms with E-state index in [1.54, 1.807) is 23.1 Å². The number of hydrogen-bond donors (Lipinski definition) is 0. The molecule has 2 heterocycles. The summed E-state index contributed by atoms with van der Waals surface area (Å²) in [6.45, 7) is 1.89. The molecular weight excluding hydrogens is 389 g/mol. The van der Waals surface area contributed by atoms with Crippen molar-refractivity contribution in [2.24, 2.45) is 0 Å².